The molecule has 0 aromatic carbocycles. The number of nitrogens with two attached hydrogens (primary N) is 1. The van der Waals surface area contributed by atoms with E-state index < -0.39 is 0 Å². The third kappa shape index (κ3) is 1.37. The van der Waals surface area contributed by atoms with Crippen LogP contribution in [0.2, 0.25) is 0 Å². The highest BCUT2D eigenvalue weighted by molar-refractivity contribution is 5.28. The Morgan fingerprint density at radius 1 is 1.55 bits per heavy atom. The SMILES string of the molecule is CCCc1c(C)nc(N)n1C. The van der Waals surface area contributed by atoms with Crippen LogP contribution in [0.1, 0.15) is 24.7 Å². The van der Waals surface area contributed by atoms with Crippen molar-refractivity contribution < 1.29 is 0 Å². The Labute approximate surface area is 67.2 Å². The maximum Gasteiger partial charge on any atom is 0.200 e. The van der Waals surface area contributed by atoms with Crippen LogP contribution in [0.15, 0.2) is 0 Å². The summed E-state index contributed by atoms with van der Waals surface area (Å²) in [6.07, 6.45) is 2.20. The number of hydrogen-bond acceptors (Lipinski definition) is 2. The van der Waals surface area contributed by atoms with Gasteiger partial charge < -0.3 is 10.3 Å². The minimum Gasteiger partial charge on any atom is -0.369 e. The van der Waals surface area contributed by atoms with Crippen molar-refractivity contribution in [2.75, 3.05) is 5.73 Å². The molecule has 0 aliphatic rings. The van der Waals surface area contributed by atoms with E-state index in [-0.39, 0.29) is 0 Å². The number of anilines is 1. The molecule has 0 saturated heterocycles. The molecule has 2 N–H and O–H groups in total. The molecule has 0 bridgehead atoms. The summed E-state index contributed by atoms with van der Waals surface area (Å²) in [7, 11) is 1.96. The van der Waals surface area contributed by atoms with Crippen LogP contribution < -0.4 is 5.73 Å². The fraction of sp³-hybridized carbons (Fsp3) is 0.625. The summed E-state index contributed by atoms with van der Waals surface area (Å²) >= 11 is 0. The first-order valence-electron chi connectivity index (χ1n) is 3.94. The quantitative estimate of drug-likeness (QED) is 0.695. The molecule has 0 amide bonds. The first-order chi connectivity index (χ1) is 5.16. The number of rotatable bonds is 2. The van der Waals surface area contributed by atoms with E-state index in [9.17, 15) is 0 Å². The summed E-state index contributed by atoms with van der Waals surface area (Å²) < 4.78 is 1.96. The normalized spacial score (nSPS) is 10.5. The zero-order valence-corrected chi connectivity index (χ0v) is 7.39. The number of aromatic nitrogens is 2. The average molecular weight is 153 g/mol. The van der Waals surface area contributed by atoms with Crippen LogP contribution in [-0.4, -0.2) is 9.55 Å². The van der Waals surface area contributed by atoms with Gasteiger partial charge >= 0.3 is 0 Å². The largest absolute Gasteiger partial charge is 0.369 e. The molecule has 3 nitrogen and oxygen atoms in total. The van der Waals surface area contributed by atoms with Crippen LogP contribution in [0.25, 0.3) is 0 Å². The van der Waals surface area contributed by atoms with Gasteiger partial charge in [0.2, 0.25) is 0 Å². The van der Waals surface area contributed by atoms with Gasteiger partial charge in [-0.05, 0) is 13.3 Å². The zero-order valence-electron chi connectivity index (χ0n) is 7.39. The van der Waals surface area contributed by atoms with Crippen LogP contribution >= 0.6 is 0 Å². The Balaban J connectivity index is 3.02. The van der Waals surface area contributed by atoms with Crippen LogP contribution in [0.5, 0.6) is 0 Å². The van der Waals surface area contributed by atoms with Crippen molar-refractivity contribution in [1.29, 1.82) is 0 Å². The minimum absolute atomic E-state index is 0.617. The lowest BCUT2D eigenvalue weighted by Gasteiger charge is -2.01. The highest BCUT2D eigenvalue weighted by Crippen LogP contribution is 2.12. The lowest BCUT2D eigenvalue weighted by atomic mass is 10.2. The molecule has 1 rings (SSSR count). The smallest absolute Gasteiger partial charge is 0.200 e. The first kappa shape index (κ1) is 8.11. The van der Waals surface area contributed by atoms with Crippen LogP contribution in [-0.2, 0) is 13.5 Å². The van der Waals surface area contributed by atoms with Crippen LogP contribution in [0, 0.1) is 6.92 Å². The van der Waals surface area contributed by atoms with Crippen molar-refractivity contribution in [3.05, 3.63) is 11.4 Å². The molecule has 0 radical (unpaired) electrons. The van der Waals surface area contributed by atoms with Crippen molar-refractivity contribution >= 4 is 5.95 Å². The van der Waals surface area contributed by atoms with E-state index in [1.54, 1.807) is 0 Å². The third-order valence-electron chi connectivity index (χ3n) is 1.94. The number of aryl methyl sites for hydroxylation is 1. The van der Waals surface area contributed by atoms with Crippen molar-refractivity contribution in [2.45, 2.75) is 26.7 Å². The van der Waals surface area contributed by atoms with Gasteiger partial charge in [0, 0.05) is 12.7 Å². The third-order valence-corrected chi connectivity index (χ3v) is 1.94. The zero-order chi connectivity index (χ0) is 8.43. The van der Waals surface area contributed by atoms with E-state index in [2.05, 4.69) is 11.9 Å². The van der Waals surface area contributed by atoms with Gasteiger partial charge in [0.1, 0.15) is 0 Å². The molecule has 1 aromatic rings. The molecule has 0 atom stereocenters. The van der Waals surface area contributed by atoms with E-state index in [1.165, 1.54) is 5.69 Å². The molecular formula is C8H15N3. The van der Waals surface area contributed by atoms with Gasteiger partial charge in [0.25, 0.3) is 0 Å². The Kier molecular flexibility index (Phi) is 2.17. The number of hydrogen-bond donors (Lipinski definition) is 1. The summed E-state index contributed by atoms with van der Waals surface area (Å²) in [6.45, 7) is 4.16. The van der Waals surface area contributed by atoms with Gasteiger partial charge in [-0.25, -0.2) is 4.98 Å². The van der Waals surface area contributed by atoms with Crippen LogP contribution in [0.3, 0.4) is 0 Å². The predicted molar refractivity (Wildman–Crippen MR) is 46.4 cm³/mol. The lowest BCUT2D eigenvalue weighted by molar-refractivity contribution is 0.787. The standard InChI is InChI=1S/C8H15N3/c1-4-5-7-6(2)10-8(9)11(7)3/h4-5H2,1-3H3,(H2,9,10). The Morgan fingerprint density at radius 2 is 2.18 bits per heavy atom. The second-order valence-corrected chi connectivity index (χ2v) is 2.81. The van der Waals surface area contributed by atoms with E-state index in [4.69, 9.17) is 5.73 Å². The van der Waals surface area contributed by atoms with E-state index in [1.807, 2.05) is 18.5 Å². The molecule has 1 heterocycles. The number of imidazole rings is 1. The maximum absolute atomic E-state index is 5.62. The van der Waals surface area contributed by atoms with Gasteiger partial charge in [0.15, 0.2) is 5.95 Å². The molecule has 1 aromatic heterocycles. The topological polar surface area (TPSA) is 43.8 Å². The van der Waals surface area contributed by atoms with Gasteiger partial charge in [-0.15, -0.1) is 0 Å². The fourth-order valence-electron chi connectivity index (χ4n) is 1.28. The number of nitrogen functional groups attached to an aromatic ring is 1. The van der Waals surface area contributed by atoms with Crippen molar-refractivity contribution in [1.82, 2.24) is 9.55 Å². The second-order valence-electron chi connectivity index (χ2n) is 2.81. The van der Waals surface area contributed by atoms with Crippen LogP contribution in [0.4, 0.5) is 5.95 Å². The minimum atomic E-state index is 0.617. The molecular weight excluding hydrogens is 138 g/mol. The second kappa shape index (κ2) is 2.95. The molecule has 0 spiro atoms. The molecule has 0 aliphatic carbocycles. The van der Waals surface area contributed by atoms with Crippen molar-refractivity contribution in [3.63, 3.8) is 0 Å². The van der Waals surface area contributed by atoms with Gasteiger partial charge in [0.05, 0.1) is 5.69 Å². The summed E-state index contributed by atoms with van der Waals surface area (Å²) in [5, 5.41) is 0. The highest BCUT2D eigenvalue weighted by atomic mass is 15.1. The first-order valence-corrected chi connectivity index (χ1v) is 3.94. The Morgan fingerprint density at radius 3 is 2.55 bits per heavy atom. The molecule has 0 saturated carbocycles. The molecule has 62 valence electrons. The van der Waals surface area contributed by atoms with Gasteiger partial charge in [-0.1, -0.05) is 13.3 Å². The summed E-state index contributed by atoms with van der Waals surface area (Å²) in [6, 6.07) is 0. The predicted octanol–water partition coefficient (Wildman–Crippen LogP) is 1.26. The molecule has 11 heavy (non-hydrogen) atoms. The fourth-order valence-corrected chi connectivity index (χ4v) is 1.28. The monoisotopic (exact) mass is 153 g/mol. The summed E-state index contributed by atoms with van der Waals surface area (Å²) in [4.78, 5) is 4.17. The van der Waals surface area contributed by atoms with Gasteiger partial charge in [-0.2, -0.15) is 0 Å². The molecule has 0 aliphatic heterocycles. The summed E-state index contributed by atoms with van der Waals surface area (Å²) in [5.41, 5.74) is 7.94. The van der Waals surface area contributed by atoms with Crippen molar-refractivity contribution in [2.24, 2.45) is 7.05 Å². The summed E-state index contributed by atoms with van der Waals surface area (Å²) in [5.74, 6) is 0.617. The average Bonchev–Trinajstić information content (AvgIpc) is 2.17. The van der Waals surface area contributed by atoms with Gasteiger partial charge in [-0.3, -0.25) is 0 Å². The Bertz CT molecular complexity index is 250. The number of nitrogens with zero attached hydrogens (tertiary/aromatic N) is 2. The molecule has 3 heteroatoms. The maximum atomic E-state index is 5.62. The molecule has 0 unspecified atom stereocenters. The van der Waals surface area contributed by atoms with Crippen molar-refractivity contribution in [3.8, 4) is 0 Å². The Hall–Kier alpha value is -0.990. The highest BCUT2D eigenvalue weighted by Gasteiger charge is 2.06. The molecule has 0 fully saturated rings. The lowest BCUT2D eigenvalue weighted by Crippen LogP contribution is -2.01. The van der Waals surface area contributed by atoms with E-state index in [0.29, 0.717) is 5.95 Å². The van der Waals surface area contributed by atoms with E-state index >= 15 is 0 Å². The van der Waals surface area contributed by atoms with E-state index in [0.717, 1.165) is 18.5 Å².